The van der Waals surface area contributed by atoms with Gasteiger partial charge in [0.15, 0.2) is 0 Å². The van der Waals surface area contributed by atoms with E-state index >= 15 is 0 Å². The second-order valence-electron chi connectivity index (χ2n) is 4.59. The molecule has 0 saturated carbocycles. The summed E-state index contributed by atoms with van der Waals surface area (Å²) < 4.78 is 6.46. The molecular weight excluding hydrogens is 258 g/mol. The number of nitrogens with one attached hydrogen (secondary N) is 1. The topological polar surface area (TPSA) is 86.3 Å². The van der Waals surface area contributed by atoms with Gasteiger partial charge >= 0.3 is 0 Å². The van der Waals surface area contributed by atoms with Crippen LogP contribution < -0.4 is 16.6 Å². The van der Waals surface area contributed by atoms with Crippen molar-refractivity contribution < 1.29 is 9.53 Å². The standard InChI is InChI=1S/C14H23N3O3/c1-20-10-9-17-11-12(6-7-14(17)19)16-13(18)5-3-2-4-8-15/h6-7,11H,2-5,8-10,15H2,1H3,(H,16,18). The zero-order valence-electron chi connectivity index (χ0n) is 11.9. The average molecular weight is 281 g/mol. The van der Waals surface area contributed by atoms with Crippen molar-refractivity contribution in [1.29, 1.82) is 0 Å². The molecule has 0 fully saturated rings. The lowest BCUT2D eigenvalue weighted by atomic mass is 10.2. The Bertz CT molecular complexity index is 471. The van der Waals surface area contributed by atoms with Crippen LogP contribution in [0.1, 0.15) is 25.7 Å². The maximum atomic E-state index is 11.7. The zero-order chi connectivity index (χ0) is 14.8. The maximum absolute atomic E-state index is 11.7. The molecule has 1 heterocycles. The minimum atomic E-state index is -0.108. The summed E-state index contributed by atoms with van der Waals surface area (Å²) in [6, 6.07) is 3.06. The Hall–Kier alpha value is -1.66. The highest BCUT2D eigenvalue weighted by molar-refractivity contribution is 5.90. The van der Waals surface area contributed by atoms with Gasteiger partial charge in [-0.2, -0.15) is 0 Å². The SMILES string of the molecule is COCCn1cc(NC(=O)CCCCCN)ccc1=O. The van der Waals surface area contributed by atoms with Gasteiger partial charge in [0.2, 0.25) is 5.91 Å². The number of rotatable bonds is 9. The number of methoxy groups -OCH3 is 1. The fourth-order valence-electron chi connectivity index (χ4n) is 1.80. The molecular formula is C14H23N3O3. The number of amides is 1. The van der Waals surface area contributed by atoms with E-state index in [9.17, 15) is 9.59 Å². The van der Waals surface area contributed by atoms with Crippen molar-refractivity contribution in [2.45, 2.75) is 32.2 Å². The van der Waals surface area contributed by atoms with E-state index < -0.39 is 0 Å². The molecule has 112 valence electrons. The fraction of sp³-hybridized carbons (Fsp3) is 0.571. The van der Waals surface area contributed by atoms with Gasteiger partial charge in [-0.1, -0.05) is 6.42 Å². The van der Waals surface area contributed by atoms with Crippen LogP contribution >= 0.6 is 0 Å². The number of nitrogens with two attached hydrogens (primary N) is 1. The van der Waals surface area contributed by atoms with Crippen LogP contribution in [-0.4, -0.2) is 30.7 Å². The first-order valence-corrected chi connectivity index (χ1v) is 6.86. The number of carbonyl (C=O) groups is 1. The van der Waals surface area contributed by atoms with Gasteiger partial charge in [-0.25, -0.2) is 0 Å². The Morgan fingerprint density at radius 3 is 2.85 bits per heavy atom. The van der Waals surface area contributed by atoms with Gasteiger partial charge in [0, 0.05) is 32.3 Å². The van der Waals surface area contributed by atoms with E-state index in [0.717, 1.165) is 19.3 Å². The van der Waals surface area contributed by atoms with Gasteiger partial charge in [-0.3, -0.25) is 9.59 Å². The molecule has 20 heavy (non-hydrogen) atoms. The van der Waals surface area contributed by atoms with Crippen LogP contribution in [0, 0.1) is 0 Å². The molecule has 1 amide bonds. The minimum absolute atomic E-state index is 0.0426. The fourth-order valence-corrected chi connectivity index (χ4v) is 1.80. The predicted octanol–water partition coefficient (Wildman–Crippen LogP) is 0.952. The number of pyridine rings is 1. The van der Waals surface area contributed by atoms with Crippen molar-refractivity contribution in [3.8, 4) is 0 Å². The Morgan fingerprint density at radius 1 is 1.35 bits per heavy atom. The van der Waals surface area contributed by atoms with E-state index in [0.29, 0.717) is 31.8 Å². The Kier molecular flexibility index (Phi) is 7.60. The van der Waals surface area contributed by atoms with Crippen LogP contribution in [-0.2, 0) is 16.1 Å². The molecule has 0 radical (unpaired) electrons. The van der Waals surface area contributed by atoms with Crippen LogP contribution in [0.15, 0.2) is 23.1 Å². The highest BCUT2D eigenvalue weighted by atomic mass is 16.5. The molecule has 0 aromatic carbocycles. The molecule has 0 aliphatic carbocycles. The van der Waals surface area contributed by atoms with E-state index in [1.54, 1.807) is 19.4 Å². The van der Waals surface area contributed by atoms with E-state index in [1.807, 2.05) is 0 Å². The summed E-state index contributed by atoms with van der Waals surface area (Å²) in [5, 5.41) is 2.79. The molecule has 1 rings (SSSR count). The van der Waals surface area contributed by atoms with Crippen LogP contribution in [0.3, 0.4) is 0 Å². The number of hydrogen-bond acceptors (Lipinski definition) is 4. The lowest BCUT2D eigenvalue weighted by molar-refractivity contribution is -0.116. The Morgan fingerprint density at radius 2 is 2.15 bits per heavy atom. The van der Waals surface area contributed by atoms with Crippen molar-refractivity contribution in [2.24, 2.45) is 5.73 Å². The third-order valence-electron chi connectivity index (χ3n) is 2.91. The van der Waals surface area contributed by atoms with Gasteiger partial charge in [0.1, 0.15) is 0 Å². The lowest BCUT2D eigenvalue weighted by Gasteiger charge is -2.09. The number of nitrogens with zero attached hydrogens (tertiary/aromatic N) is 1. The molecule has 0 bridgehead atoms. The first-order chi connectivity index (χ1) is 9.67. The number of hydrogen-bond donors (Lipinski definition) is 2. The molecule has 6 heteroatoms. The van der Waals surface area contributed by atoms with Gasteiger partial charge in [-0.15, -0.1) is 0 Å². The third-order valence-corrected chi connectivity index (χ3v) is 2.91. The normalized spacial score (nSPS) is 10.5. The average Bonchev–Trinajstić information content (AvgIpc) is 2.44. The molecule has 1 aromatic rings. The third kappa shape index (κ3) is 5.99. The van der Waals surface area contributed by atoms with Crippen molar-refractivity contribution in [3.63, 3.8) is 0 Å². The summed E-state index contributed by atoms with van der Waals surface area (Å²) in [5.41, 5.74) is 5.92. The first kappa shape index (κ1) is 16.4. The molecule has 0 spiro atoms. The highest BCUT2D eigenvalue weighted by Gasteiger charge is 2.04. The predicted molar refractivity (Wildman–Crippen MR) is 78.7 cm³/mol. The van der Waals surface area contributed by atoms with Crippen LogP contribution in [0.4, 0.5) is 5.69 Å². The van der Waals surface area contributed by atoms with E-state index in [-0.39, 0.29) is 11.5 Å². The molecule has 0 unspecified atom stereocenters. The van der Waals surface area contributed by atoms with Crippen LogP contribution in [0.5, 0.6) is 0 Å². The molecule has 1 aromatic heterocycles. The number of anilines is 1. The number of carbonyl (C=O) groups excluding carboxylic acids is 1. The molecule has 0 saturated heterocycles. The van der Waals surface area contributed by atoms with E-state index in [1.165, 1.54) is 10.6 Å². The quantitative estimate of drug-likeness (QED) is 0.660. The maximum Gasteiger partial charge on any atom is 0.250 e. The monoisotopic (exact) mass is 281 g/mol. The number of aromatic nitrogens is 1. The molecule has 0 atom stereocenters. The van der Waals surface area contributed by atoms with Crippen LogP contribution in [0.25, 0.3) is 0 Å². The second-order valence-corrected chi connectivity index (χ2v) is 4.59. The summed E-state index contributed by atoms with van der Waals surface area (Å²) in [4.78, 5) is 23.3. The van der Waals surface area contributed by atoms with Crippen molar-refractivity contribution in [2.75, 3.05) is 25.6 Å². The first-order valence-electron chi connectivity index (χ1n) is 6.86. The summed E-state index contributed by atoms with van der Waals surface area (Å²) in [6.07, 6.45) is 4.83. The smallest absolute Gasteiger partial charge is 0.250 e. The molecule has 0 aliphatic rings. The van der Waals surface area contributed by atoms with Gasteiger partial charge < -0.3 is 20.4 Å². The summed E-state index contributed by atoms with van der Waals surface area (Å²) in [6.45, 7) is 1.58. The zero-order valence-corrected chi connectivity index (χ0v) is 11.9. The van der Waals surface area contributed by atoms with Gasteiger partial charge in [-0.05, 0) is 25.5 Å². The Labute approximate surface area is 118 Å². The number of ether oxygens (including phenoxy) is 1. The molecule has 3 N–H and O–H groups in total. The highest BCUT2D eigenvalue weighted by Crippen LogP contribution is 2.06. The van der Waals surface area contributed by atoms with Gasteiger partial charge in [0.25, 0.3) is 5.56 Å². The molecule has 6 nitrogen and oxygen atoms in total. The largest absolute Gasteiger partial charge is 0.383 e. The van der Waals surface area contributed by atoms with E-state index in [4.69, 9.17) is 10.5 Å². The summed E-state index contributed by atoms with van der Waals surface area (Å²) in [5.74, 6) is -0.0426. The Balaban J connectivity index is 2.50. The lowest BCUT2D eigenvalue weighted by Crippen LogP contribution is -2.22. The summed E-state index contributed by atoms with van der Waals surface area (Å²) in [7, 11) is 1.58. The van der Waals surface area contributed by atoms with Crippen molar-refractivity contribution in [1.82, 2.24) is 4.57 Å². The second kappa shape index (κ2) is 9.28. The van der Waals surface area contributed by atoms with Crippen LogP contribution in [0.2, 0.25) is 0 Å². The summed E-state index contributed by atoms with van der Waals surface area (Å²) >= 11 is 0. The van der Waals surface area contributed by atoms with Crippen molar-refractivity contribution >= 4 is 11.6 Å². The molecule has 0 aliphatic heterocycles. The van der Waals surface area contributed by atoms with Gasteiger partial charge in [0.05, 0.1) is 12.3 Å². The number of unbranched alkanes of at least 4 members (excludes halogenated alkanes) is 2. The van der Waals surface area contributed by atoms with Crippen molar-refractivity contribution in [3.05, 3.63) is 28.7 Å². The van der Waals surface area contributed by atoms with E-state index in [2.05, 4.69) is 5.32 Å². The minimum Gasteiger partial charge on any atom is -0.383 e.